The topological polar surface area (TPSA) is 75.9 Å². The Morgan fingerprint density at radius 1 is 1.36 bits per heavy atom. The minimum atomic E-state index is -0.293. The van der Waals surface area contributed by atoms with Gasteiger partial charge in [0.15, 0.2) is 11.3 Å². The van der Waals surface area contributed by atoms with Crippen LogP contribution in [0.25, 0.3) is 16.7 Å². The molecule has 0 saturated heterocycles. The zero-order chi connectivity index (χ0) is 9.54. The zero-order valence-corrected chi connectivity index (χ0v) is 7.01. The van der Waals surface area contributed by atoms with Gasteiger partial charge in [-0.1, -0.05) is 0 Å². The minimum Gasteiger partial charge on any atom is -0.246 e. The van der Waals surface area contributed by atoms with Gasteiger partial charge in [0.05, 0.1) is 5.39 Å². The Morgan fingerprint density at radius 2 is 2.29 bits per heavy atom. The van der Waals surface area contributed by atoms with Gasteiger partial charge in [0.2, 0.25) is 0 Å². The highest BCUT2D eigenvalue weighted by Gasteiger charge is 2.05. The van der Waals surface area contributed by atoms with E-state index in [0.29, 0.717) is 11.3 Å². The fraction of sp³-hybridized carbons (Fsp3) is 0. The summed E-state index contributed by atoms with van der Waals surface area (Å²) >= 11 is 0. The fourth-order valence-electron chi connectivity index (χ4n) is 1.39. The number of aromatic amines is 1. The summed E-state index contributed by atoms with van der Waals surface area (Å²) < 4.78 is 1.35. The summed E-state index contributed by atoms with van der Waals surface area (Å²) in [6, 6.07) is 3.61. The predicted octanol–water partition coefficient (Wildman–Crippen LogP) is -0.0342. The van der Waals surface area contributed by atoms with Gasteiger partial charge in [-0.15, -0.1) is 0 Å². The first-order chi connectivity index (χ1) is 6.86. The number of H-pyrrole nitrogens is 1. The zero-order valence-electron chi connectivity index (χ0n) is 7.01. The van der Waals surface area contributed by atoms with Crippen LogP contribution in [0, 0.1) is 0 Å². The maximum Gasteiger partial charge on any atom is 0.348 e. The number of hydrogen-bond donors (Lipinski definition) is 1. The molecule has 0 spiro atoms. The van der Waals surface area contributed by atoms with Crippen LogP contribution in [0.1, 0.15) is 0 Å². The van der Waals surface area contributed by atoms with Gasteiger partial charge >= 0.3 is 5.69 Å². The molecule has 0 amide bonds. The minimum absolute atomic E-state index is 0.293. The van der Waals surface area contributed by atoms with Crippen LogP contribution < -0.4 is 5.69 Å². The molecule has 0 fully saturated rings. The summed E-state index contributed by atoms with van der Waals surface area (Å²) in [6.45, 7) is 0. The molecular weight excluding hydrogens is 182 g/mol. The number of fused-ring (bicyclic) bond motifs is 3. The Bertz CT molecular complexity index is 668. The van der Waals surface area contributed by atoms with Crippen LogP contribution in [0.15, 0.2) is 29.5 Å². The summed E-state index contributed by atoms with van der Waals surface area (Å²) in [5.74, 6) is 0. The quantitative estimate of drug-likeness (QED) is 0.536. The lowest BCUT2D eigenvalue weighted by Gasteiger charge is -1.95. The molecule has 3 rings (SSSR count). The van der Waals surface area contributed by atoms with Crippen LogP contribution in [-0.2, 0) is 0 Å². The highest BCUT2D eigenvalue weighted by molar-refractivity contribution is 5.87. The van der Waals surface area contributed by atoms with Crippen molar-refractivity contribution in [1.82, 2.24) is 24.6 Å². The summed E-state index contributed by atoms with van der Waals surface area (Å²) in [7, 11) is 0. The Balaban J connectivity index is 2.68. The summed E-state index contributed by atoms with van der Waals surface area (Å²) in [6.07, 6.45) is 3.06. The largest absolute Gasteiger partial charge is 0.348 e. The van der Waals surface area contributed by atoms with Crippen molar-refractivity contribution in [2.75, 3.05) is 0 Å². The van der Waals surface area contributed by atoms with Crippen LogP contribution in [0.5, 0.6) is 0 Å². The second kappa shape index (κ2) is 2.38. The Kier molecular flexibility index (Phi) is 1.22. The number of rotatable bonds is 0. The van der Waals surface area contributed by atoms with Crippen LogP contribution in [0.3, 0.4) is 0 Å². The molecular formula is C8H5N5O. The lowest BCUT2D eigenvalue weighted by atomic mass is 10.3. The van der Waals surface area contributed by atoms with Gasteiger partial charge in [-0.25, -0.2) is 24.3 Å². The summed E-state index contributed by atoms with van der Waals surface area (Å²) in [4.78, 5) is 19.3. The van der Waals surface area contributed by atoms with E-state index in [0.717, 1.165) is 5.39 Å². The smallest absolute Gasteiger partial charge is 0.246 e. The maximum absolute atomic E-state index is 11.2. The summed E-state index contributed by atoms with van der Waals surface area (Å²) in [5, 5.41) is 7.01. The molecule has 3 aromatic heterocycles. The van der Waals surface area contributed by atoms with Crippen molar-refractivity contribution < 1.29 is 0 Å². The molecule has 0 aliphatic carbocycles. The van der Waals surface area contributed by atoms with Crippen molar-refractivity contribution in [3.05, 3.63) is 35.1 Å². The fourth-order valence-corrected chi connectivity index (χ4v) is 1.39. The third-order valence-corrected chi connectivity index (χ3v) is 2.03. The van der Waals surface area contributed by atoms with Crippen molar-refractivity contribution >= 4 is 16.7 Å². The average molecular weight is 187 g/mol. The van der Waals surface area contributed by atoms with E-state index in [2.05, 4.69) is 20.2 Å². The molecule has 14 heavy (non-hydrogen) atoms. The standard InChI is InChI=1S/C8H5N5O/c14-8-12-11-7-5-2-1-3-9-6(5)10-4-13(7)8/h1-4H,(H,12,14). The average Bonchev–Trinajstić information content (AvgIpc) is 2.61. The third-order valence-electron chi connectivity index (χ3n) is 2.03. The van der Waals surface area contributed by atoms with E-state index in [4.69, 9.17) is 0 Å². The molecule has 3 heterocycles. The molecule has 3 aromatic rings. The van der Waals surface area contributed by atoms with Crippen molar-refractivity contribution in [3.63, 3.8) is 0 Å². The molecule has 0 radical (unpaired) electrons. The van der Waals surface area contributed by atoms with E-state index in [1.54, 1.807) is 12.3 Å². The first kappa shape index (κ1) is 7.19. The Hall–Kier alpha value is -2.24. The highest BCUT2D eigenvalue weighted by atomic mass is 16.1. The van der Waals surface area contributed by atoms with Gasteiger partial charge < -0.3 is 0 Å². The number of hydrogen-bond acceptors (Lipinski definition) is 4. The molecule has 68 valence electrons. The number of nitrogens with one attached hydrogen (secondary N) is 1. The second-order valence-electron chi connectivity index (χ2n) is 2.84. The van der Waals surface area contributed by atoms with E-state index in [1.165, 1.54) is 10.7 Å². The van der Waals surface area contributed by atoms with E-state index in [1.807, 2.05) is 6.07 Å². The monoisotopic (exact) mass is 187 g/mol. The summed E-state index contributed by atoms with van der Waals surface area (Å²) in [5.41, 5.74) is 0.838. The number of pyridine rings is 1. The SMILES string of the molecule is O=c1[nH]nc2c3cccnc3ncn12. The van der Waals surface area contributed by atoms with Crippen LogP contribution in [-0.4, -0.2) is 24.6 Å². The van der Waals surface area contributed by atoms with Crippen molar-refractivity contribution in [3.8, 4) is 0 Å². The molecule has 0 bridgehead atoms. The molecule has 0 aromatic carbocycles. The first-order valence-corrected chi connectivity index (χ1v) is 4.03. The third kappa shape index (κ3) is 0.792. The lowest BCUT2D eigenvalue weighted by molar-refractivity contribution is 1.00. The molecule has 1 N–H and O–H groups in total. The van der Waals surface area contributed by atoms with E-state index in [9.17, 15) is 4.79 Å². The molecule has 6 heteroatoms. The van der Waals surface area contributed by atoms with Gasteiger partial charge in [0.1, 0.15) is 6.33 Å². The van der Waals surface area contributed by atoms with Gasteiger partial charge in [-0.2, -0.15) is 5.10 Å². The molecule has 0 saturated carbocycles. The van der Waals surface area contributed by atoms with Crippen molar-refractivity contribution in [2.24, 2.45) is 0 Å². The molecule has 0 aliphatic heterocycles. The Labute approximate surface area is 77.2 Å². The van der Waals surface area contributed by atoms with Gasteiger partial charge in [0.25, 0.3) is 0 Å². The number of aromatic nitrogens is 5. The maximum atomic E-state index is 11.2. The van der Waals surface area contributed by atoms with Crippen LogP contribution in [0.2, 0.25) is 0 Å². The molecule has 0 atom stereocenters. The van der Waals surface area contributed by atoms with Gasteiger partial charge in [0, 0.05) is 6.20 Å². The van der Waals surface area contributed by atoms with E-state index in [-0.39, 0.29) is 5.69 Å². The predicted molar refractivity (Wildman–Crippen MR) is 48.9 cm³/mol. The normalized spacial score (nSPS) is 11.1. The van der Waals surface area contributed by atoms with E-state index < -0.39 is 0 Å². The van der Waals surface area contributed by atoms with Gasteiger partial charge in [-0.3, -0.25) is 0 Å². The van der Waals surface area contributed by atoms with Crippen LogP contribution in [0.4, 0.5) is 0 Å². The molecule has 0 unspecified atom stereocenters. The molecule has 0 aliphatic rings. The van der Waals surface area contributed by atoms with Crippen molar-refractivity contribution in [1.29, 1.82) is 0 Å². The van der Waals surface area contributed by atoms with E-state index >= 15 is 0 Å². The first-order valence-electron chi connectivity index (χ1n) is 4.03. The lowest BCUT2D eigenvalue weighted by Crippen LogP contribution is -2.09. The highest BCUT2D eigenvalue weighted by Crippen LogP contribution is 2.10. The number of nitrogens with zero attached hydrogens (tertiary/aromatic N) is 4. The Morgan fingerprint density at radius 3 is 3.21 bits per heavy atom. The van der Waals surface area contributed by atoms with Crippen molar-refractivity contribution in [2.45, 2.75) is 0 Å². The van der Waals surface area contributed by atoms with Gasteiger partial charge in [-0.05, 0) is 12.1 Å². The molecule has 6 nitrogen and oxygen atoms in total. The van der Waals surface area contributed by atoms with Crippen LogP contribution >= 0.6 is 0 Å². The second-order valence-corrected chi connectivity index (χ2v) is 2.84.